The molecule has 0 saturated carbocycles. The van der Waals surface area contributed by atoms with Crippen molar-refractivity contribution in [3.05, 3.63) is 18.2 Å². The fourth-order valence-electron chi connectivity index (χ4n) is 3.03. The van der Waals surface area contributed by atoms with E-state index >= 15 is 0 Å². The SMILES string of the molecule is COC(=O)[C@H](CCSC)NC(=O)N1CCOC(COc2ccc3c(c2)OCO3)C1. The molecule has 2 amide bonds. The van der Waals surface area contributed by atoms with E-state index in [4.69, 9.17) is 23.7 Å². The van der Waals surface area contributed by atoms with E-state index in [0.29, 0.717) is 43.4 Å². The van der Waals surface area contributed by atoms with Gasteiger partial charge in [-0.25, -0.2) is 9.59 Å². The molecular weight excluding hydrogens is 400 g/mol. The van der Waals surface area contributed by atoms with Gasteiger partial charge in [-0.15, -0.1) is 0 Å². The Morgan fingerprint density at radius 1 is 1.34 bits per heavy atom. The predicted molar refractivity (Wildman–Crippen MR) is 107 cm³/mol. The van der Waals surface area contributed by atoms with Gasteiger partial charge in [-0.3, -0.25) is 0 Å². The first-order valence-corrected chi connectivity index (χ1v) is 10.8. The van der Waals surface area contributed by atoms with Crippen LogP contribution in [0.4, 0.5) is 4.79 Å². The zero-order valence-electron chi connectivity index (χ0n) is 16.5. The standard InChI is InChI=1S/C19H26N2O7S/c1-24-18(22)15(5-8-29-2)20-19(23)21-6-7-25-14(10-21)11-26-13-3-4-16-17(9-13)28-12-27-16/h3-4,9,14-15H,5-8,10-12H2,1-2H3,(H,20,23)/t14?,15-/m0/s1. The summed E-state index contributed by atoms with van der Waals surface area (Å²) in [7, 11) is 1.32. The van der Waals surface area contributed by atoms with Crippen LogP contribution in [0.1, 0.15) is 6.42 Å². The number of morpholine rings is 1. The van der Waals surface area contributed by atoms with Gasteiger partial charge in [0, 0.05) is 12.6 Å². The number of hydrogen-bond donors (Lipinski definition) is 1. The highest BCUT2D eigenvalue weighted by atomic mass is 32.2. The van der Waals surface area contributed by atoms with Crippen molar-refractivity contribution in [1.29, 1.82) is 0 Å². The van der Waals surface area contributed by atoms with Gasteiger partial charge in [-0.2, -0.15) is 11.8 Å². The molecule has 1 aromatic carbocycles. The van der Waals surface area contributed by atoms with Crippen molar-refractivity contribution < 1.29 is 33.3 Å². The molecule has 0 spiro atoms. The van der Waals surface area contributed by atoms with Crippen LogP contribution in [0.15, 0.2) is 18.2 Å². The van der Waals surface area contributed by atoms with Crippen LogP contribution in [0, 0.1) is 0 Å². The molecule has 0 radical (unpaired) electrons. The Kier molecular flexibility index (Phi) is 7.70. The number of carbonyl (C=O) groups is 2. The number of urea groups is 1. The number of nitrogens with zero attached hydrogens (tertiary/aromatic N) is 1. The number of thioether (sulfide) groups is 1. The lowest BCUT2D eigenvalue weighted by Gasteiger charge is -2.33. The number of amides is 2. The second-order valence-corrected chi connectivity index (χ2v) is 7.56. The Balaban J connectivity index is 1.50. The lowest BCUT2D eigenvalue weighted by atomic mass is 10.2. The van der Waals surface area contributed by atoms with E-state index in [1.54, 1.807) is 34.9 Å². The molecule has 3 rings (SSSR count). The van der Waals surface area contributed by atoms with Crippen molar-refractivity contribution in [2.75, 3.05) is 52.2 Å². The summed E-state index contributed by atoms with van der Waals surface area (Å²) in [5, 5.41) is 2.77. The zero-order chi connectivity index (χ0) is 20.6. The highest BCUT2D eigenvalue weighted by Crippen LogP contribution is 2.35. The number of esters is 1. The van der Waals surface area contributed by atoms with Gasteiger partial charge < -0.3 is 33.9 Å². The van der Waals surface area contributed by atoms with Gasteiger partial charge >= 0.3 is 12.0 Å². The first kappa shape index (κ1) is 21.4. The van der Waals surface area contributed by atoms with Crippen LogP contribution in [-0.4, -0.2) is 81.3 Å². The summed E-state index contributed by atoms with van der Waals surface area (Å²) >= 11 is 1.61. The lowest BCUT2D eigenvalue weighted by Crippen LogP contribution is -2.54. The molecule has 0 aliphatic carbocycles. The molecule has 160 valence electrons. The number of rotatable bonds is 8. The number of nitrogens with one attached hydrogen (secondary N) is 1. The van der Waals surface area contributed by atoms with E-state index in [0.717, 1.165) is 5.75 Å². The van der Waals surface area contributed by atoms with E-state index in [1.807, 2.05) is 6.26 Å². The summed E-state index contributed by atoms with van der Waals surface area (Å²) in [4.78, 5) is 26.2. The number of hydrogen-bond acceptors (Lipinski definition) is 8. The number of methoxy groups -OCH3 is 1. The molecule has 1 fully saturated rings. The lowest BCUT2D eigenvalue weighted by molar-refractivity contribution is -0.143. The van der Waals surface area contributed by atoms with E-state index in [2.05, 4.69) is 5.32 Å². The Morgan fingerprint density at radius 3 is 2.97 bits per heavy atom. The van der Waals surface area contributed by atoms with E-state index < -0.39 is 12.0 Å². The Morgan fingerprint density at radius 2 is 2.17 bits per heavy atom. The summed E-state index contributed by atoms with van der Waals surface area (Å²) in [5.74, 6) is 2.28. The molecule has 1 N–H and O–H groups in total. The molecular formula is C19H26N2O7S. The molecule has 2 aliphatic heterocycles. The second kappa shape index (κ2) is 10.4. The molecule has 1 aromatic rings. The summed E-state index contributed by atoms with van der Waals surface area (Å²) in [5.41, 5.74) is 0. The molecule has 0 bridgehead atoms. The maximum atomic E-state index is 12.6. The molecule has 2 heterocycles. The van der Waals surface area contributed by atoms with Crippen LogP contribution in [0.25, 0.3) is 0 Å². The maximum absolute atomic E-state index is 12.6. The van der Waals surface area contributed by atoms with E-state index in [9.17, 15) is 9.59 Å². The highest BCUT2D eigenvalue weighted by molar-refractivity contribution is 7.98. The summed E-state index contributed by atoms with van der Waals surface area (Å²) in [6, 6.07) is 4.39. The van der Waals surface area contributed by atoms with Crippen molar-refractivity contribution in [2.24, 2.45) is 0 Å². The normalized spacial score (nSPS) is 18.8. The fraction of sp³-hybridized carbons (Fsp3) is 0.579. The average molecular weight is 426 g/mol. The van der Waals surface area contributed by atoms with Gasteiger partial charge in [0.25, 0.3) is 0 Å². The fourth-order valence-corrected chi connectivity index (χ4v) is 3.50. The number of fused-ring (bicyclic) bond motifs is 1. The summed E-state index contributed by atoms with van der Waals surface area (Å²) in [6.45, 7) is 1.71. The number of carbonyl (C=O) groups excluding carboxylic acids is 2. The Labute approximate surface area is 173 Å². The van der Waals surface area contributed by atoms with Gasteiger partial charge in [0.2, 0.25) is 6.79 Å². The van der Waals surface area contributed by atoms with Crippen LogP contribution < -0.4 is 19.5 Å². The third-order valence-electron chi connectivity index (χ3n) is 4.60. The molecule has 1 unspecified atom stereocenters. The van der Waals surface area contributed by atoms with Crippen molar-refractivity contribution in [3.8, 4) is 17.2 Å². The zero-order valence-corrected chi connectivity index (χ0v) is 17.4. The van der Waals surface area contributed by atoms with Crippen LogP contribution >= 0.6 is 11.8 Å². The minimum absolute atomic E-state index is 0.206. The van der Waals surface area contributed by atoms with Crippen molar-refractivity contribution in [3.63, 3.8) is 0 Å². The topological polar surface area (TPSA) is 95.6 Å². The quantitative estimate of drug-likeness (QED) is 0.625. The molecule has 1 saturated heterocycles. The highest BCUT2D eigenvalue weighted by Gasteiger charge is 2.28. The first-order valence-electron chi connectivity index (χ1n) is 9.37. The molecule has 9 nitrogen and oxygen atoms in total. The second-order valence-electron chi connectivity index (χ2n) is 6.57. The van der Waals surface area contributed by atoms with Gasteiger partial charge in [-0.1, -0.05) is 0 Å². The third kappa shape index (κ3) is 5.83. The van der Waals surface area contributed by atoms with Crippen LogP contribution in [0.2, 0.25) is 0 Å². The van der Waals surface area contributed by atoms with Gasteiger partial charge in [-0.05, 0) is 30.6 Å². The third-order valence-corrected chi connectivity index (χ3v) is 5.24. The predicted octanol–water partition coefficient (Wildman–Crippen LogP) is 1.50. The minimum atomic E-state index is -0.661. The molecule has 2 atom stereocenters. The largest absolute Gasteiger partial charge is 0.491 e. The monoisotopic (exact) mass is 426 g/mol. The van der Waals surface area contributed by atoms with E-state index in [-0.39, 0.29) is 25.5 Å². The number of ether oxygens (including phenoxy) is 5. The number of benzene rings is 1. The molecule has 29 heavy (non-hydrogen) atoms. The van der Waals surface area contributed by atoms with Gasteiger partial charge in [0.05, 0.1) is 20.3 Å². The van der Waals surface area contributed by atoms with Crippen LogP contribution in [0.5, 0.6) is 17.2 Å². The van der Waals surface area contributed by atoms with Crippen LogP contribution in [-0.2, 0) is 14.3 Å². The van der Waals surface area contributed by atoms with Crippen molar-refractivity contribution in [2.45, 2.75) is 18.6 Å². The summed E-state index contributed by atoms with van der Waals surface area (Å²) < 4.78 is 26.9. The maximum Gasteiger partial charge on any atom is 0.328 e. The summed E-state index contributed by atoms with van der Waals surface area (Å²) in [6.07, 6.45) is 2.19. The van der Waals surface area contributed by atoms with Crippen LogP contribution in [0.3, 0.4) is 0 Å². The van der Waals surface area contributed by atoms with Crippen molar-refractivity contribution >= 4 is 23.8 Å². The smallest absolute Gasteiger partial charge is 0.328 e. The Hall–Kier alpha value is -2.33. The Bertz CT molecular complexity index is 718. The minimum Gasteiger partial charge on any atom is -0.491 e. The average Bonchev–Trinajstić information content (AvgIpc) is 3.22. The van der Waals surface area contributed by atoms with Gasteiger partial charge in [0.15, 0.2) is 11.5 Å². The molecule has 0 aromatic heterocycles. The van der Waals surface area contributed by atoms with E-state index in [1.165, 1.54) is 7.11 Å². The molecule has 10 heteroatoms. The van der Waals surface area contributed by atoms with Gasteiger partial charge in [0.1, 0.15) is 24.5 Å². The first-order chi connectivity index (χ1) is 14.1. The van der Waals surface area contributed by atoms with Crippen molar-refractivity contribution in [1.82, 2.24) is 10.2 Å². The molecule has 2 aliphatic rings.